The first-order valence-corrected chi connectivity index (χ1v) is 10.0. The van der Waals surface area contributed by atoms with E-state index in [4.69, 9.17) is 0 Å². The summed E-state index contributed by atoms with van der Waals surface area (Å²) in [5.74, 6) is 1.80. The molecule has 1 fully saturated rings. The van der Waals surface area contributed by atoms with Gasteiger partial charge in [0.05, 0.1) is 0 Å². The third-order valence-corrected chi connectivity index (χ3v) is 5.60. The van der Waals surface area contributed by atoms with Crippen molar-refractivity contribution in [2.24, 2.45) is 0 Å². The molecular weight excluding hydrogens is 371 g/mol. The smallest absolute Gasteiger partial charge is 0.254 e. The van der Waals surface area contributed by atoms with Crippen molar-refractivity contribution < 1.29 is 9.18 Å². The number of carbonyl (C=O) groups excluding carboxylic acids is 1. The Balaban J connectivity index is 1.44. The number of hydrogen-bond donors (Lipinski definition) is 0. The Hall–Kier alpha value is -3.03. The third kappa shape index (κ3) is 3.92. The molecule has 0 bridgehead atoms. The lowest BCUT2D eigenvalue weighted by atomic mass is 9.95. The highest BCUT2D eigenvalue weighted by Gasteiger charge is 2.28. The number of rotatable bonds is 5. The number of halogens is 1. The summed E-state index contributed by atoms with van der Waals surface area (Å²) >= 11 is 0. The van der Waals surface area contributed by atoms with E-state index in [0.717, 1.165) is 31.0 Å². The third-order valence-electron chi connectivity index (χ3n) is 5.60. The molecule has 1 saturated heterocycles. The first kappa shape index (κ1) is 19.3. The molecule has 3 aromatic rings. The summed E-state index contributed by atoms with van der Waals surface area (Å²) in [4.78, 5) is 14.7. The minimum Gasteiger partial charge on any atom is -0.339 e. The predicted octanol–water partition coefficient (Wildman–Crippen LogP) is 3.01. The number of hydrogen-bond acceptors (Lipinski definition) is 4. The van der Waals surface area contributed by atoms with Gasteiger partial charge in [-0.15, -0.1) is 10.2 Å². The van der Waals surface area contributed by atoms with Gasteiger partial charge in [-0.3, -0.25) is 9.48 Å². The Labute approximate surface area is 169 Å². The first-order chi connectivity index (χ1) is 14.1. The summed E-state index contributed by atoms with van der Waals surface area (Å²) in [6.07, 6.45) is 5.34. The number of likely N-dealkylation sites (tertiary alicyclic amines) is 1. The molecule has 0 aliphatic carbocycles. The van der Waals surface area contributed by atoms with Crippen LogP contribution in [0.25, 0.3) is 0 Å². The van der Waals surface area contributed by atoms with E-state index < -0.39 is 0 Å². The number of carbonyl (C=O) groups is 1. The maximum atomic E-state index is 13.3. The second kappa shape index (κ2) is 8.14. The van der Waals surface area contributed by atoms with Crippen LogP contribution in [-0.4, -0.2) is 48.4 Å². The van der Waals surface area contributed by atoms with Gasteiger partial charge >= 0.3 is 0 Å². The van der Waals surface area contributed by atoms with Crippen molar-refractivity contribution in [3.05, 3.63) is 65.3 Å². The van der Waals surface area contributed by atoms with E-state index in [9.17, 15) is 9.18 Å². The summed E-state index contributed by atoms with van der Waals surface area (Å²) < 4.78 is 17.3. The van der Waals surface area contributed by atoms with E-state index in [1.807, 2.05) is 21.8 Å². The van der Waals surface area contributed by atoms with Crippen molar-refractivity contribution >= 4 is 5.91 Å². The Bertz CT molecular complexity index is 989. The molecule has 0 atom stereocenters. The van der Waals surface area contributed by atoms with E-state index in [0.29, 0.717) is 30.8 Å². The lowest BCUT2D eigenvalue weighted by molar-refractivity contribution is 0.0709. The Kier molecular flexibility index (Phi) is 5.42. The lowest BCUT2D eigenvalue weighted by Gasteiger charge is -2.32. The molecule has 1 aliphatic rings. The quantitative estimate of drug-likeness (QED) is 0.665. The number of aryl methyl sites for hydroxylation is 1. The average molecular weight is 396 g/mol. The van der Waals surface area contributed by atoms with Crippen molar-refractivity contribution in [3.63, 3.8) is 0 Å². The van der Waals surface area contributed by atoms with Crippen LogP contribution in [-0.2, 0) is 13.1 Å². The van der Waals surface area contributed by atoms with Crippen LogP contribution < -0.4 is 0 Å². The fourth-order valence-electron chi connectivity index (χ4n) is 4.03. The summed E-state index contributed by atoms with van der Waals surface area (Å²) in [5.41, 5.74) is 1.24. The Morgan fingerprint density at radius 2 is 2.03 bits per heavy atom. The molecule has 0 radical (unpaired) electrons. The highest BCUT2D eigenvalue weighted by Crippen LogP contribution is 2.28. The van der Waals surface area contributed by atoms with E-state index in [1.165, 1.54) is 12.1 Å². The zero-order valence-electron chi connectivity index (χ0n) is 16.8. The Morgan fingerprint density at radius 3 is 2.69 bits per heavy atom. The summed E-state index contributed by atoms with van der Waals surface area (Å²) in [5, 5.41) is 13.1. The molecule has 152 valence electrons. The molecule has 7 nitrogen and oxygen atoms in total. The Morgan fingerprint density at radius 1 is 1.24 bits per heavy atom. The molecular formula is C21H25FN6O. The van der Waals surface area contributed by atoms with Gasteiger partial charge in [0.15, 0.2) is 5.82 Å². The second-order valence-electron chi connectivity index (χ2n) is 7.45. The van der Waals surface area contributed by atoms with E-state index in [-0.39, 0.29) is 17.6 Å². The predicted molar refractivity (Wildman–Crippen MR) is 106 cm³/mol. The van der Waals surface area contributed by atoms with Crippen LogP contribution in [0.3, 0.4) is 0 Å². The van der Waals surface area contributed by atoms with Gasteiger partial charge in [0.1, 0.15) is 18.2 Å². The largest absolute Gasteiger partial charge is 0.339 e. The van der Waals surface area contributed by atoms with E-state index in [1.54, 1.807) is 19.2 Å². The van der Waals surface area contributed by atoms with Gasteiger partial charge in [-0.1, -0.05) is 0 Å². The highest BCUT2D eigenvalue weighted by molar-refractivity contribution is 5.95. The minimum atomic E-state index is -0.317. The number of aromatic nitrogens is 5. The first-order valence-electron chi connectivity index (χ1n) is 10.0. The normalized spacial score (nSPS) is 15.1. The van der Waals surface area contributed by atoms with Crippen molar-refractivity contribution in [1.29, 1.82) is 0 Å². The van der Waals surface area contributed by atoms with Gasteiger partial charge < -0.3 is 9.47 Å². The standard InChI is InChI=1S/C21H25FN6O/c1-3-28-19(14-27-10-4-9-23-27)24-25-20(28)16-7-11-26(12-8-16)21(29)18-6-5-17(22)13-15(18)2/h4-6,9-10,13,16H,3,7-8,11-12,14H2,1-2H3. The van der Waals surface area contributed by atoms with Crippen molar-refractivity contribution in [2.45, 2.75) is 45.7 Å². The number of amides is 1. The molecule has 4 rings (SSSR count). The van der Waals surface area contributed by atoms with Crippen LogP contribution in [0.2, 0.25) is 0 Å². The van der Waals surface area contributed by atoms with Crippen LogP contribution in [0.15, 0.2) is 36.7 Å². The van der Waals surface area contributed by atoms with Gasteiger partial charge in [0, 0.05) is 43.5 Å². The molecule has 3 heterocycles. The zero-order valence-corrected chi connectivity index (χ0v) is 16.8. The summed E-state index contributed by atoms with van der Waals surface area (Å²) in [6, 6.07) is 6.22. The lowest BCUT2D eigenvalue weighted by Crippen LogP contribution is -2.38. The SMILES string of the molecule is CCn1c(Cn2cccn2)nnc1C1CCN(C(=O)c2ccc(F)cc2C)CC1. The zero-order chi connectivity index (χ0) is 20.4. The van der Waals surface area contributed by atoms with Gasteiger partial charge in [-0.2, -0.15) is 5.10 Å². The van der Waals surface area contributed by atoms with Gasteiger partial charge in [0.2, 0.25) is 0 Å². The fourth-order valence-corrected chi connectivity index (χ4v) is 4.03. The molecule has 0 saturated carbocycles. The molecule has 29 heavy (non-hydrogen) atoms. The minimum absolute atomic E-state index is 0.0303. The topological polar surface area (TPSA) is 68.8 Å². The molecule has 8 heteroatoms. The summed E-state index contributed by atoms with van der Waals surface area (Å²) in [7, 11) is 0. The number of piperidine rings is 1. The maximum Gasteiger partial charge on any atom is 0.254 e. The van der Waals surface area contributed by atoms with Gasteiger partial charge in [-0.25, -0.2) is 4.39 Å². The second-order valence-corrected chi connectivity index (χ2v) is 7.45. The molecule has 0 unspecified atom stereocenters. The van der Waals surface area contributed by atoms with Crippen LogP contribution in [0.1, 0.15) is 53.3 Å². The van der Waals surface area contributed by atoms with Crippen LogP contribution in [0.5, 0.6) is 0 Å². The van der Waals surface area contributed by atoms with Crippen molar-refractivity contribution in [3.8, 4) is 0 Å². The van der Waals surface area contributed by atoms with Crippen LogP contribution in [0, 0.1) is 12.7 Å². The van der Waals surface area contributed by atoms with Gasteiger partial charge in [-0.05, 0) is 56.5 Å². The fraction of sp³-hybridized carbons (Fsp3) is 0.429. The summed E-state index contributed by atoms with van der Waals surface area (Å²) in [6.45, 7) is 6.57. The molecule has 2 aromatic heterocycles. The van der Waals surface area contributed by atoms with Crippen molar-refractivity contribution in [2.75, 3.05) is 13.1 Å². The van der Waals surface area contributed by atoms with Crippen LogP contribution in [0.4, 0.5) is 4.39 Å². The van der Waals surface area contributed by atoms with Gasteiger partial charge in [0.25, 0.3) is 5.91 Å². The van der Waals surface area contributed by atoms with E-state index in [2.05, 4.69) is 26.8 Å². The maximum absolute atomic E-state index is 13.3. The molecule has 0 N–H and O–H groups in total. The number of nitrogens with zero attached hydrogens (tertiary/aromatic N) is 6. The van der Waals surface area contributed by atoms with Crippen LogP contribution >= 0.6 is 0 Å². The number of benzene rings is 1. The molecule has 0 spiro atoms. The van der Waals surface area contributed by atoms with E-state index >= 15 is 0 Å². The molecule has 1 amide bonds. The average Bonchev–Trinajstić information content (AvgIpc) is 3.37. The monoisotopic (exact) mass is 396 g/mol. The van der Waals surface area contributed by atoms with Crippen molar-refractivity contribution in [1.82, 2.24) is 29.4 Å². The molecule has 1 aromatic carbocycles. The highest BCUT2D eigenvalue weighted by atomic mass is 19.1. The molecule has 1 aliphatic heterocycles.